The monoisotopic (exact) mass is 293 g/mol. The number of benzene rings is 1. The highest BCUT2D eigenvalue weighted by Gasteiger charge is 2.05. The number of nitriles is 1. The fraction of sp³-hybridized carbons (Fsp3) is 0. The van der Waals surface area contributed by atoms with E-state index in [1.807, 2.05) is 6.07 Å². The first-order valence-corrected chi connectivity index (χ1v) is 5.34. The first-order chi connectivity index (χ1) is 8.19. The second kappa shape index (κ2) is 4.89. The van der Waals surface area contributed by atoms with Gasteiger partial charge in [-0.25, -0.2) is 9.37 Å². The standard InChI is InChI=1S/C11H5BrFN3O/c12-9-5-8(1-2-10(9)13)17-11-15-4-3-7(6-14)16-11/h1-5H. The Balaban J connectivity index is 2.25. The Morgan fingerprint density at radius 2 is 2.18 bits per heavy atom. The lowest BCUT2D eigenvalue weighted by Gasteiger charge is -2.04. The topological polar surface area (TPSA) is 58.8 Å². The van der Waals surface area contributed by atoms with Crippen LogP contribution in [0, 0.1) is 17.1 Å². The highest BCUT2D eigenvalue weighted by Crippen LogP contribution is 2.24. The minimum Gasteiger partial charge on any atom is -0.424 e. The van der Waals surface area contributed by atoms with Crippen LogP contribution in [0.15, 0.2) is 34.9 Å². The van der Waals surface area contributed by atoms with E-state index in [4.69, 9.17) is 10.00 Å². The van der Waals surface area contributed by atoms with Crippen LogP contribution in [0.2, 0.25) is 0 Å². The Labute approximate surface area is 105 Å². The molecule has 1 aromatic carbocycles. The molecule has 4 nitrogen and oxygen atoms in total. The normalized spacial score (nSPS) is 9.71. The Bertz CT molecular complexity index is 598. The molecule has 0 N–H and O–H groups in total. The molecular weight excluding hydrogens is 289 g/mol. The third-order valence-corrected chi connectivity index (χ3v) is 2.46. The second-order valence-electron chi connectivity index (χ2n) is 3.01. The van der Waals surface area contributed by atoms with Crippen LogP contribution >= 0.6 is 15.9 Å². The summed E-state index contributed by atoms with van der Waals surface area (Å²) in [4.78, 5) is 7.68. The van der Waals surface area contributed by atoms with Gasteiger partial charge in [-0.15, -0.1) is 0 Å². The van der Waals surface area contributed by atoms with E-state index in [1.165, 1.54) is 30.5 Å². The minimum absolute atomic E-state index is 0.0440. The van der Waals surface area contributed by atoms with Crippen molar-refractivity contribution in [3.05, 3.63) is 46.4 Å². The largest absolute Gasteiger partial charge is 0.424 e. The molecule has 0 saturated carbocycles. The Morgan fingerprint density at radius 3 is 2.88 bits per heavy atom. The van der Waals surface area contributed by atoms with Gasteiger partial charge < -0.3 is 4.74 Å². The van der Waals surface area contributed by atoms with Gasteiger partial charge in [0.25, 0.3) is 0 Å². The number of rotatable bonds is 2. The molecule has 0 fully saturated rings. The number of ether oxygens (including phenoxy) is 1. The van der Waals surface area contributed by atoms with Gasteiger partial charge >= 0.3 is 6.01 Å². The van der Waals surface area contributed by atoms with Crippen LogP contribution in [0.4, 0.5) is 4.39 Å². The smallest absolute Gasteiger partial charge is 0.323 e. The quantitative estimate of drug-likeness (QED) is 0.854. The molecule has 0 radical (unpaired) electrons. The first-order valence-electron chi connectivity index (χ1n) is 4.55. The van der Waals surface area contributed by atoms with Gasteiger partial charge in [0.1, 0.15) is 23.3 Å². The molecule has 2 aromatic rings. The second-order valence-corrected chi connectivity index (χ2v) is 3.87. The van der Waals surface area contributed by atoms with Gasteiger partial charge in [0.2, 0.25) is 0 Å². The summed E-state index contributed by atoms with van der Waals surface area (Å²) < 4.78 is 18.5. The fourth-order valence-electron chi connectivity index (χ4n) is 1.10. The summed E-state index contributed by atoms with van der Waals surface area (Å²) in [6, 6.07) is 7.54. The zero-order chi connectivity index (χ0) is 12.3. The van der Waals surface area contributed by atoms with Gasteiger partial charge in [-0.05, 0) is 40.2 Å². The van der Waals surface area contributed by atoms with Gasteiger partial charge in [0, 0.05) is 6.20 Å². The highest BCUT2D eigenvalue weighted by molar-refractivity contribution is 9.10. The molecule has 17 heavy (non-hydrogen) atoms. The average Bonchev–Trinajstić information content (AvgIpc) is 2.34. The van der Waals surface area contributed by atoms with Crippen LogP contribution < -0.4 is 4.74 Å². The van der Waals surface area contributed by atoms with Crippen LogP contribution in [0.5, 0.6) is 11.8 Å². The van der Waals surface area contributed by atoms with E-state index in [0.717, 1.165) is 0 Å². The molecule has 0 amide bonds. The van der Waals surface area contributed by atoms with Gasteiger partial charge in [-0.1, -0.05) is 0 Å². The fourth-order valence-corrected chi connectivity index (χ4v) is 1.46. The van der Waals surface area contributed by atoms with Gasteiger partial charge in [0.15, 0.2) is 0 Å². The van der Waals surface area contributed by atoms with Crippen molar-refractivity contribution in [3.8, 4) is 17.8 Å². The van der Waals surface area contributed by atoms with Crippen molar-refractivity contribution >= 4 is 15.9 Å². The molecule has 1 heterocycles. The molecule has 1 aromatic heterocycles. The molecule has 0 aliphatic heterocycles. The van der Waals surface area contributed by atoms with Crippen LogP contribution in [0.1, 0.15) is 5.69 Å². The van der Waals surface area contributed by atoms with Gasteiger partial charge in [-0.3, -0.25) is 0 Å². The van der Waals surface area contributed by atoms with Crippen molar-refractivity contribution in [3.63, 3.8) is 0 Å². The van der Waals surface area contributed by atoms with E-state index in [9.17, 15) is 4.39 Å². The molecule has 0 bridgehead atoms. The zero-order valence-electron chi connectivity index (χ0n) is 8.39. The summed E-state index contributed by atoms with van der Waals surface area (Å²) >= 11 is 3.04. The summed E-state index contributed by atoms with van der Waals surface area (Å²) in [5, 5.41) is 8.66. The van der Waals surface area contributed by atoms with E-state index in [-0.39, 0.29) is 22.0 Å². The van der Waals surface area contributed by atoms with Crippen LogP contribution in [-0.4, -0.2) is 9.97 Å². The lowest BCUT2D eigenvalue weighted by Crippen LogP contribution is -1.93. The number of nitrogens with zero attached hydrogens (tertiary/aromatic N) is 3. The van der Waals surface area contributed by atoms with Crippen molar-refractivity contribution in [2.75, 3.05) is 0 Å². The molecule has 0 atom stereocenters. The maximum absolute atomic E-state index is 13.0. The van der Waals surface area contributed by atoms with Crippen LogP contribution in [0.3, 0.4) is 0 Å². The predicted octanol–water partition coefficient (Wildman–Crippen LogP) is 3.04. The van der Waals surface area contributed by atoms with Crippen LogP contribution in [0.25, 0.3) is 0 Å². The predicted molar refractivity (Wildman–Crippen MR) is 60.9 cm³/mol. The third-order valence-electron chi connectivity index (χ3n) is 1.85. The number of aromatic nitrogens is 2. The molecular formula is C11H5BrFN3O. The minimum atomic E-state index is -0.385. The SMILES string of the molecule is N#Cc1ccnc(Oc2ccc(F)c(Br)c2)n1. The first kappa shape index (κ1) is 11.5. The molecule has 0 unspecified atom stereocenters. The lowest BCUT2D eigenvalue weighted by atomic mass is 10.3. The Kier molecular flexibility index (Phi) is 3.30. The summed E-state index contributed by atoms with van der Waals surface area (Å²) in [5.41, 5.74) is 0.205. The molecule has 0 aliphatic rings. The average molecular weight is 294 g/mol. The molecule has 0 aliphatic carbocycles. The molecule has 84 valence electrons. The van der Waals surface area contributed by atoms with E-state index in [2.05, 4.69) is 25.9 Å². The summed E-state index contributed by atoms with van der Waals surface area (Å²) in [6.45, 7) is 0. The van der Waals surface area contributed by atoms with E-state index >= 15 is 0 Å². The number of hydrogen-bond acceptors (Lipinski definition) is 4. The molecule has 2 rings (SSSR count). The maximum Gasteiger partial charge on any atom is 0.323 e. The van der Waals surface area contributed by atoms with E-state index < -0.39 is 0 Å². The number of hydrogen-bond donors (Lipinski definition) is 0. The van der Waals surface area contributed by atoms with Crippen molar-refractivity contribution in [2.24, 2.45) is 0 Å². The Morgan fingerprint density at radius 1 is 1.35 bits per heavy atom. The summed E-state index contributed by atoms with van der Waals surface area (Å²) in [5.74, 6) is -0.00240. The van der Waals surface area contributed by atoms with Crippen molar-refractivity contribution in [1.29, 1.82) is 5.26 Å². The third kappa shape index (κ3) is 2.77. The Hall–Kier alpha value is -2.00. The van der Waals surface area contributed by atoms with E-state index in [0.29, 0.717) is 5.75 Å². The van der Waals surface area contributed by atoms with Crippen molar-refractivity contribution < 1.29 is 9.13 Å². The van der Waals surface area contributed by atoms with E-state index in [1.54, 1.807) is 0 Å². The van der Waals surface area contributed by atoms with Crippen molar-refractivity contribution in [2.45, 2.75) is 0 Å². The zero-order valence-corrected chi connectivity index (χ0v) is 9.98. The van der Waals surface area contributed by atoms with Gasteiger partial charge in [-0.2, -0.15) is 10.2 Å². The molecule has 0 saturated heterocycles. The van der Waals surface area contributed by atoms with Crippen molar-refractivity contribution in [1.82, 2.24) is 9.97 Å². The van der Waals surface area contributed by atoms with Gasteiger partial charge in [0.05, 0.1) is 4.47 Å². The van der Waals surface area contributed by atoms with Crippen LogP contribution in [-0.2, 0) is 0 Å². The maximum atomic E-state index is 13.0. The summed E-state index contributed by atoms with van der Waals surface area (Å²) in [7, 11) is 0. The molecule has 6 heteroatoms. The lowest BCUT2D eigenvalue weighted by molar-refractivity contribution is 0.439. The molecule has 0 spiro atoms. The number of halogens is 2. The summed E-state index contributed by atoms with van der Waals surface area (Å²) in [6.07, 6.45) is 1.42. The highest BCUT2D eigenvalue weighted by atomic mass is 79.9.